The molecule has 0 radical (unpaired) electrons. The van der Waals surface area contributed by atoms with E-state index in [2.05, 4.69) is 5.10 Å². The van der Waals surface area contributed by atoms with Crippen LogP contribution >= 0.6 is 0 Å². The Morgan fingerprint density at radius 2 is 2.00 bits per heavy atom. The summed E-state index contributed by atoms with van der Waals surface area (Å²) in [6, 6.07) is 6.17. The minimum absolute atomic E-state index is 0.0598. The molecule has 0 aliphatic rings. The summed E-state index contributed by atoms with van der Waals surface area (Å²) in [5.41, 5.74) is 1.72. The molecule has 0 saturated carbocycles. The first kappa shape index (κ1) is 11.1. The fourth-order valence-electron chi connectivity index (χ4n) is 1.51. The maximum atomic E-state index is 10.5. The number of aryl methyl sites for hydroxylation is 1. The van der Waals surface area contributed by atoms with Gasteiger partial charge in [-0.25, -0.2) is 4.68 Å². The average Bonchev–Trinajstić information content (AvgIpc) is 2.70. The number of ether oxygens (including phenoxy) is 1. The Morgan fingerprint density at radius 3 is 2.47 bits per heavy atom. The summed E-state index contributed by atoms with van der Waals surface area (Å²) in [5, 5.41) is 14.7. The maximum Gasteiger partial charge on any atom is 0.269 e. The molecule has 0 saturated heterocycles. The number of nitrogens with zero attached hydrogens (tertiary/aromatic N) is 3. The van der Waals surface area contributed by atoms with E-state index in [1.165, 1.54) is 12.1 Å². The van der Waals surface area contributed by atoms with Crippen molar-refractivity contribution in [1.82, 2.24) is 9.78 Å². The molecule has 0 N–H and O–H groups in total. The molecule has 0 atom stereocenters. The number of nitro groups is 1. The Hall–Kier alpha value is -2.37. The maximum absolute atomic E-state index is 10.5. The predicted octanol–water partition coefficient (Wildman–Crippen LogP) is 2.10. The highest BCUT2D eigenvalue weighted by molar-refractivity contribution is 5.41. The first-order valence-electron chi connectivity index (χ1n) is 4.97. The van der Waals surface area contributed by atoms with Crippen molar-refractivity contribution >= 4 is 5.69 Å². The fourth-order valence-corrected chi connectivity index (χ4v) is 1.51. The Labute approximate surface area is 97.6 Å². The lowest BCUT2D eigenvalue weighted by atomic mass is 10.3. The van der Waals surface area contributed by atoms with Crippen LogP contribution in [0.3, 0.4) is 0 Å². The van der Waals surface area contributed by atoms with E-state index in [0.29, 0.717) is 5.88 Å². The third-order valence-corrected chi connectivity index (χ3v) is 2.37. The largest absolute Gasteiger partial charge is 0.480 e. The smallest absolute Gasteiger partial charge is 0.269 e. The van der Waals surface area contributed by atoms with Crippen molar-refractivity contribution in [3.63, 3.8) is 0 Å². The van der Waals surface area contributed by atoms with Crippen LogP contribution in [0.25, 0.3) is 5.69 Å². The molecule has 17 heavy (non-hydrogen) atoms. The summed E-state index contributed by atoms with van der Waals surface area (Å²) < 4.78 is 6.69. The number of aromatic nitrogens is 2. The first-order chi connectivity index (χ1) is 8.11. The lowest BCUT2D eigenvalue weighted by Gasteiger charge is -1.99. The van der Waals surface area contributed by atoms with Gasteiger partial charge in [0.05, 0.1) is 17.7 Å². The van der Waals surface area contributed by atoms with Gasteiger partial charge in [-0.05, 0) is 19.1 Å². The number of benzene rings is 1. The summed E-state index contributed by atoms with van der Waals surface area (Å²) in [6.45, 7) is 1.88. The normalized spacial score (nSPS) is 10.2. The Balaban J connectivity index is 2.36. The number of hydrogen-bond acceptors (Lipinski definition) is 4. The van der Waals surface area contributed by atoms with Gasteiger partial charge in [0.25, 0.3) is 5.69 Å². The van der Waals surface area contributed by atoms with Gasteiger partial charge in [0.2, 0.25) is 5.88 Å². The molecule has 2 rings (SSSR count). The molecule has 0 bridgehead atoms. The number of rotatable bonds is 3. The summed E-state index contributed by atoms with van der Waals surface area (Å²) in [6.07, 6.45) is 1.81. The molecule has 1 heterocycles. The second kappa shape index (κ2) is 4.25. The number of methoxy groups -OCH3 is 1. The van der Waals surface area contributed by atoms with Gasteiger partial charge < -0.3 is 4.74 Å². The highest BCUT2D eigenvalue weighted by Gasteiger charge is 2.08. The molecule has 2 aromatic rings. The van der Waals surface area contributed by atoms with Crippen LogP contribution in [-0.4, -0.2) is 21.8 Å². The minimum atomic E-state index is -0.432. The molecule has 0 fully saturated rings. The van der Waals surface area contributed by atoms with Crippen molar-refractivity contribution in [3.8, 4) is 11.6 Å². The van der Waals surface area contributed by atoms with Crippen molar-refractivity contribution < 1.29 is 9.66 Å². The Kier molecular flexibility index (Phi) is 2.78. The van der Waals surface area contributed by atoms with Crippen LogP contribution in [0.1, 0.15) is 5.56 Å². The van der Waals surface area contributed by atoms with Crippen LogP contribution < -0.4 is 4.74 Å². The average molecular weight is 233 g/mol. The SMILES string of the molecule is COc1nn(-c2ccc([N+](=O)[O-])cc2)cc1C. The lowest BCUT2D eigenvalue weighted by molar-refractivity contribution is -0.384. The molecule has 0 spiro atoms. The van der Waals surface area contributed by atoms with Crippen molar-refractivity contribution in [2.75, 3.05) is 7.11 Å². The van der Waals surface area contributed by atoms with Gasteiger partial charge in [0.1, 0.15) is 0 Å². The van der Waals surface area contributed by atoms with Crippen LogP contribution in [0.15, 0.2) is 30.5 Å². The topological polar surface area (TPSA) is 70.2 Å². The number of non-ortho nitro benzene ring substituents is 1. The third kappa shape index (κ3) is 2.10. The van der Waals surface area contributed by atoms with Crippen LogP contribution in [0.2, 0.25) is 0 Å². The molecule has 6 heteroatoms. The summed E-state index contributed by atoms with van der Waals surface area (Å²) in [5.74, 6) is 0.545. The summed E-state index contributed by atoms with van der Waals surface area (Å²) in [4.78, 5) is 10.1. The van der Waals surface area contributed by atoms with Crippen molar-refractivity contribution in [1.29, 1.82) is 0 Å². The number of nitro benzene ring substituents is 1. The van der Waals surface area contributed by atoms with E-state index in [-0.39, 0.29) is 5.69 Å². The minimum Gasteiger partial charge on any atom is -0.480 e. The molecular formula is C11H11N3O3. The molecule has 0 aliphatic heterocycles. The van der Waals surface area contributed by atoms with Gasteiger partial charge in [0, 0.05) is 23.9 Å². The van der Waals surface area contributed by atoms with Gasteiger partial charge in [-0.1, -0.05) is 0 Å². The predicted molar refractivity (Wildman–Crippen MR) is 61.5 cm³/mol. The number of hydrogen-bond donors (Lipinski definition) is 0. The monoisotopic (exact) mass is 233 g/mol. The standard InChI is InChI=1S/C11H11N3O3/c1-8-7-13(12-11(8)17-2)9-3-5-10(6-4-9)14(15)16/h3-7H,1-2H3. The molecule has 88 valence electrons. The molecule has 6 nitrogen and oxygen atoms in total. The van der Waals surface area contributed by atoms with Crippen LogP contribution in [0.5, 0.6) is 5.88 Å². The zero-order valence-electron chi connectivity index (χ0n) is 9.45. The third-order valence-electron chi connectivity index (χ3n) is 2.37. The van der Waals surface area contributed by atoms with Gasteiger partial charge in [-0.15, -0.1) is 5.10 Å². The van der Waals surface area contributed by atoms with Gasteiger partial charge in [-0.3, -0.25) is 10.1 Å². The van der Waals surface area contributed by atoms with E-state index in [1.807, 2.05) is 6.92 Å². The molecule has 0 amide bonds. The van der Waals surface area contributed by atoms with E-state index in [1.54, 1.807) is 30.1 Å². The second-order valence-corrected chi connectivity index (χ2v) is 3.54. The van der Waals surface area contributed by atoms with E-state index in [0.717, 1.165) is 11.3 Å². The zero-order valence-corrected chi connectivity index (χ0v) is 9.45. The molecule has 1 aromatic heterocycles. The molecule has 0 unspecified atom stereocenters. The van der Waals surface area contributed by atoms with Crippen molar-refractivity contribution in [3.05, 3.63) is 46.1 Å². The van der Waals surface area contributed by atoms with Crippen LogP contribution in [-0.2, 0) is 0 Å². The second-order valence-electron chi connectivity index (χ2n) is 3.54. The quantitative estimate of drug-likeness (QED) is 0.601. The van der Waals surface area contributed by atoms with E-state index in [9.17, 15) is 10.1 Å². The van der Waals surface area contributed by atoms with E-state index >= 15 is 0 Å². The Morgan fingerprint density at radius 1 is 1.35 bits per heavy atom. The van der Waals surface area contributed by atoms with Gasteiger partial charge >= 0.3 is 0 Å². The molecular weight excluding hydrogens is 222 g/mol. The highest BCUT2D eigenvalue weighted by Crippen LogP contribution is 2.19. The van der Waals surface area contributed by atoms with Crippen LogP contribution in [0, 0.1) is 17.0 Å². The van der Waals surface area contributed by atoms with Crippen molar-refractivity contribution in [2.45, 2.75) is 6.92 Å². The fraction of sp³-hybridized carbons (Fsp3) is 0.182. The lowest BCUT2D eigenvalue weighted by Crippen LogP contribution is -1.96. The van der Waals surface area contributed by atoms with Crippen LogP contribution in [0.4, 0.5) is 5.69 Å². The molecule has 0 aliphatic carbocycles. The molecule has 1 aromatic carbocycles. The zero-order chi connectivity index (χ0) is 12.4. The van der Waals surface area contributed by atoms with E-state index in [4.69, 9.17) is 4.74 Å². The summed E-state index contributed by atoms with van der Waals surface area (Å²) in [7, 11) is 1.55. The van der Waals surface area contributed by atoms with Crippen molar-refractivity contribution in [2.24, 2.45) is 0 Å². The van der Waals surface area contributed by atoms with Gasteiger partial charge in [-0.2, -0.15) is 0 Å². The first-order valence-corrected chi connectivity index (χ1v) is 4.97. The summed E-state index contributed by atoms with van der Waals surface area (Å²) >= 11 is 0. The Bertz CT molecular complexity index is 546. The van der Waals surface area contributed by atoms with Gasteiger partial charge in [0.15, 0.2) is 0 Å². The van der Waals surface area contributed by atoms with E-state index < -0.39 is 4.92 Å². The highest BCUT2D eigenvalue weighted by atomic mass is 16.6.